The van der Waals surface area contributed by atoms with E-state index in [1.54, 1.807) is 26.2 Å². The molecule has 0 heterocycles. The van der Waals surface area contributed by atoms with Crippen molar-refractivity contribution < 1.29 is 14.3 Å². The van der Waals surface area contributed by atoms with Crippen LogP contribution in [0.5, 0.6) is 11.5 Å². The Morgan fingerprint density at radius 1 is 1.10 bits per heavy atom. The van der Waals surface area contributed by atoms with Gasteiger partial charge in [0.25, 0.3) is 0 Å². The molecule has 0 saturated heterocycles. The smallest absolute Gasteiger partial charge is 0.163 e. The summed E-state index contributed by atoms with van der Waals surface area (Å²) in [5.74, 6) is 1.77. The molecule has 0 bridgehead atoms. The number of ether oxygens (including phenoxy) is 2. The molecule has 0 fully saturated rings. The Hall–Kier alpha value is -2.62. The molecule has 0 N–H and O–H groups in total. The van der Waals surface area contributed by atoms with Crippen LogP contribution in [0.2, 0.25) is 0 Å². The number of rotatable bonds is 9. The van der Waals surface area contributed by atoms with Crippen LogP contribution in [-0.4, -0.2) is 25.2 Å². The summed E-state index contributed by atoms with van der Waals surface area (Å²) in [6, 6.07) is 12.0. The molecular weight excluding hydrogens is 362 g/mol. The summed E-state index contributed by atoms with van der Waals surface area (Å²) in [5, 5.41) is 0. The van der Waals surface area contributed by atoms with Gasteiger partial charge in [0.1, 0.15) is 0 Å². The molecule has 0 saturated carbocycles. The fourth-order valence-electron chi connectivity index (χ4n) is 3.17. The molecule has 1 unspecified atom stereocenters. The zero-order chi connectivity index (χ0) is 21.6. The van der Waals surface area contributed by atoms with E-state index in [2.05, 4.69) is 45.0 Å². The van der Waals surface area contributed by atoms with Crippen molar-refractivity contribution in [3.63, 3.8) is 0 Å². The predicted molar refractivity (Wildman–Crippen MR) is 120 cm³/mol. The second-order valence-corrected chi connectivity index (χ2v) is 8.06. The summed E-state index contributed by atoms with van der Waals surface area (Å²) in [5.41, 5.74) is 3.76. The minimum Gasteiger partial charge on any atom is -0.493 e. The van der Waals surface area contributed by atoms with E-state index in [1.165, 1.54) is 11.1 Å². The third-order valence-corrected chi connectivity index (χ3v) is 5.00. The lowest BCUT2D eigenvalue weighted by Gasteiger charge is -2.18. The Labute approximate surface area is 175 Å². The summed E-state index contributed by atoms with van der Waals surface area (Å²) in [7, 11) is 1.58. The molecule has 4 heteroatoms. The van der Waals surface area contributed by atoms with Gasteiger partial charge in [-0.15, -0.1) is 0 Å². The van der Waals surface area contributed by atoms with E-state index in [-0.39, 0.29) is 17.8 Å². The Bertz CT molecular complexity index is 868. The summed E-state index contributed by atoms with van der Waals surface area (Å²) in [6.45, 7) is 12.0. The fraction of sp³-hybridized carbons (Fsp3) is 0.440. The highest BCUT2D eigenvalue weighted by Crippen LogP contribution is 2.36. The van der Waals surface area contributed by atoms with Gasteiger partial charge in [0, 0.05) is 23.8 Å². The predicted octanol–water partition coefficient (Wildman–Crippen LogP) is 6.21. The van der Waals surface area contributed by atoms with Gasteiger partial charge in [-0.2, -0.15) is 0 Å². The number of hydrogen-bond donors (Lipinski definition) is 0. The Morgan fingerprint density at radius 2 is 1.79 bits per heavy atom. The molecule has 0 spiro atoms. The first-order chi connectivity index (χ1) is 13.7. The third kappa shape index (κ3) is 6.18. The first-order valence-corrected chi connectivity index (χ1v) is 10.2. The van der Waals surface area contributed by atoms with Gasteiger partial charge in [-0.05, 0) is 57.2 Å². The van der Waals surface area contributed by atoms with Gasteiger partial charge >= 0.3 is 0 Å². The molecule has 1 atom stereocenters. The number of methoxy groups -OCH3 is 1. The first kappa shape index (κ1) is 22.7. The highest BCUT2D eigenvalue weighted by molar-refractivity contribution is 6.00. The quantitative estimate of drug-likeness (QED) is 0.374. The minimum atomic E-state index is -0.0495. The average Bonchev–Trinajstić information content (AvgIpc) is 2.65. The second kappa shape index (κ2) is 10.2. The summed E-state index contributed by atoms with van der Waals surface area (Å²) < 4.78 is 11.3. The molecule has 0 aliphatic carbocycles. The van der Waals surface area contributed by atoms with Crippen LogP contribution in [0, 0.1) is 18.8 Å². The Morgan fingerprint density at radius 3 is 2.34 bits per heavy atom. The van der Waals surface area contributed by atoms with Crippen LogP contribution in [0.4, 0.5) is 5.69 Å². The lowest BCUT2D eigenvalue weighted by molar-refractivity contribution is 0.101. The van der Waals surface area contributed by atoms with Crippen LogP contribution in [-0.2, 0) is 6.42 Å². The zero-order valence-electron chi connectivity index (χ0n) is 18.7. The second-order valence-electron chi connectivity index (χ2n) is 8.06. The Kier molecular flexibility index (Phi) is 8.00. The van der Waals surface area contributed by atoms with Gasteiger partial charge in [-0.25, -0.2) is 0 Å². The number of nitrogens with zero attached hydrogens (tertiary/aromatic N) is 1. The number of aliphatic imine (C=N–C) groups is 1. The number of hydrogen-bond acceptors (Lipinski definition) is 4. The van der Waals surface area contributed by atoms with Gasteiger partial charge in [0.15, 0.2) is 17.3 Å². The van der Waals surface area contributed by atoms with Crippen molar-refractivity contribution in [2.45, 2.75) is 54.1 Å². The van der Waals surface area contributed by atoms with E-state index < -0.39 is 0 Å². The summed E-state index contributed by atoms with van der Waals surface area (Å²) >= 11 is 0. The molecule has 156 valence electrons. The molecule has 0 radical (unpaired) electrons. The summed E-state index contributed by atoms with van der Waals surface area (Å²) in [4.78, 5) is 16.9. The van der Waals surface area contributed by atoms with Gasteiger partial charge in [-0.1, -0.05) is 38.1 Å². The molecule has 0 amide bonds. The molecule has 0 aromatic heterocycles. The maximum Gasteiger partial charge on any atom is 0.163 e. The molecule has 2 aromatic carbocycles. The lowest BCUT2D eigenvalue weighted by Crippen LogP contribution is -2.14. The number of carbonyl (C=O) groups excluding carboxylic acids is 1. The molecule has 2 aromatic rings. The molecule has 0 aliphatic rings. The van der Waals surface area contributed by atoms with E-state index in [9.17, 15) is 4.79 Å². The van der Waals surface area contributed by atoms with Crippen LogP contribution in [0.1, 0.15) is 56.1 Å². The maximum atomic E-state index is 12.2. The number of carbonyl (C=O) groups is 1. The molecule has 29 heavy (non-hydrogen) atoms. The van der Waals surface area contributed by atoms with Crippen molar-refractivity contribution in [1.29, 1.82) is 0 Å². The molecule has 4 nitrogen and oxygen atoms in total. The summed E-state index contributed by atoms with van der Waals surface area (Å²) in [6.07, 6.45) is 2.88. The van der Waals surface area contributed by atoms with E-state index in [0.717, 1.165) is 6.42 Å². The van der Waals surface area contributed by atoms with Gasteiger partial charge < -0.3 is 9.47 Å². The number of ketones is 1. The Balaban J connectivity index is 2.41. The monoisotopic (exact) mass is 395 g/mol. The van der Waals surface area contributed by atoms with Crippen LogP contribution < -0.4 is 9.47 Å². The number of Topliss-reactive ketones (excluding diaryl/α,β-unsaturated/α-hetero) is 1. The number of aryl methyl sites for hydroxylation is 1. The van der Waals surface area contributed by atoms with Crippen molar-refractivity contribution in [2.75, 3.05) is 7.11 Å². The van der Waals surface area contributed by atoms with E-state index in [0.29, 0.717) is 28.7 Å². The largest absolute Gasteiger partial charge is 0.493 e. The highest BCUT2D eigenvalue weighted by atomic mass is 16.5. The standard InChI is InChI=1S/C25H33NO3/c1-16(2)21(12-20-11-9-8-10-18(20)5)15-26-23-14-25(29-17(3)4)24(28-7)13-22(23)19(6)27/h8-11,13-17,21H,12H2,1-7H3/b26-15-. The van der Waals surface area contributed by atoms with Crippen molar-refractivity contribution in [3.05, 3.63) is 53.1 Å². The fourth-order valence-corrected chi connectivity index (χ4v) is 3.17. The van der Waals surface area contributed by atoms with E-state index in [1.807, 2.05) is 20.1 Å². The molecule has 0 aliphatic heterocycles. The molecular formula is C25H33NO3. The maximum absolute atomic E-state index is 12.2. The van der Waals surface area contributed by atoms with E-state index >= 15 is 0 Å². The molecule has 2 rings (SSSR count). The van der Waals surface area contributed by atoms with Crippen LogP contribution in [0.15, 0.2) is 41.4 Å². The van der Waals surface area contributed by atoms with Gasteiger partial charge in [0.05, 0.1) is 18.9 Å². The topological polar surface area (TPSA) is 47.9 Å². The zero-order valence-corrected chi connectivity index (χ0v) is 18.7. The normalized spacial score (nSPS) is 12.6. The van der Waals surface area contributed by atoms with Gasteiger partial charge in [-0.3, -0.25) is 9.79 Å². The van der Waals surface area contributed by atoms with Crippen LogP contribution in [0.25, 0.3) is 0 Å². The first-order valence-electron chi connectivity index (χ1n) is 10.2. The van der Waals surface area contributed by atoms with Crippen molar-refractivity contribution in [1.82, 2.24) is 0 Å². The van der Waals surface area contributed by atoms with Crippen molar-refractivity contribution in [2.24, 2.45) is 16.8 Å². The van der Waals surface area contributed by atoms with Crippen LogP contribution in [0.3, 0.4) is 0 Å². The number of benzene rings is 2. The van der Waals surface area contributed by atoms with Gasteiger partial charge in [0.2, 0.25) is 0 Å². The minimum absolute atomic E-state index is 0.00613. The average molecular weight is 396 g/mol. The van der Waals surface area contributed by atoms with Crippen molar-refractivity contribution >= 4 is 17.7 Å². The third-order valence-electron chi connectivity index (χ3n) is 5.00. The highest BCUT2D eigenvalue weighted by Gasteiger charge is 2.17. The SMILES string of the molecule is COc1cc(C(C)=O)c(/N=C\C(Cc2ccccc2C)C(C)C)cc1OC(C)C. The van der Waals surface area contributed by atoms with Crippen LogP contribution >= 0.6 is 0 Å². The van der Waals surface area contributed by atoms with Crippen molar-refractivity contribution in [3.8, 4) is 11.5 Å². The van der Waals surface area contributed by atoms with E-state index in [4.69, 9.17) is 14.5 Å². The lowest BCUT2D eigenvalue weighted by atomic mass is 9.88.